The SMILES string of the molecule is Cc1cc([C@@H](C)Nc2ccccc2C(=O)O)c2nc(N3CCN(c4ccccc4C#N)CC3)c(C#N)c(=O)n2c1. The number of pyridine rings is 1. The van der Waals surface area contributed by atoms with E-state index in [9.17, 15) is 25.2 Å². The minimum absolute atomic E-state index is 0.0308. The van der Waals surface area contributed by atoms with Gasteiger partial charge in [0.05, 0.1) is 22.9 Å². The van der Waals surface area contributed by atoms with Gasteiger partial charge in [-0.3, -0.25) is 9.20 Å². The van der Waals surface area contributed by atoms with E-state index >= 15 is 0 Å². The molecular formula is C30H27N7O3. The summed E-state index contributed by atoms with van der Waals surface area (Å²) in [6.07, 6.45) is 1.66. The summed E-state index contributed by atoms with van der Waals surface area (Å²) >= 11 is 0. The van der Waals surface area contributed by atoms with E-state index in [4.69, 9.17) is 4.98 Å². The molecule has 2 aromatic heterocycles. The molecule has 5 rings (SSSR count). The number of nitriles is 2. The molecule has 1 aliphatic rings. The Labute approximate surface area is 231 Å². The zero-order chi connectivity index (χ0) is 28.4. The molecule has 0 aliphatic carbocycles. The van der Waals surface area contributed by atoms with Crippen LogP contribution >= 0.6 is 0 Å². The molecule has 0 amide bonds. The van der Waals surface area contributed by atoms with Crippen molar-refractivity contribution >= 4 is 28.8 Å². The van der Waals surface area contributed by atoms with Crippen molar-refractivity contribution in [1.29, 1.82) is 10.5 Å². The number of carbonyl (C=O) groups is 1. The first kappa shape index (κ1) is 26.3. The molecule has 0 unspecified atom stereocenters. The van der Waals surface area contributed by atoms with Crippen molar-refractivity contribution < 1.29 is 9.90 Å². The van der Waals surface area contributed by atoms with E-state index in [-0.39, 0.29) is 11.1 Å². The largest absolute Gasteiger partial charge is 0.478 e. The lowest BCUT2D eigenvalue weighted by atomic mass is 10.1. The molecule has 40 heavy (non-hydrogen) atoms. The number of nitrogens with zero attached hydrogens (tertiary/aromatic N) is 6. The first-order chi connectivity index (χ1) is 19.3. The van der Waals surface area contributed by atoms with Crippen molar-refractivity contribution in [3.8, 4) is 12.1 Å². The standard InChI is InChI=1S/C30H27N7O3/c1-19-15-23(20(2)33-25-9-5-4-8-22(25)30(39)40)28-34-27(24(17-32)29(38)37(28)18-19)36-13-11-35(12-14-36)26-10-6-3-7-21(26)16-31/h3-10,15,18,20,33H,11-14H2,1-2H3,(H,39,40)/t20-/m1/s1. The van der Waals surface area contributed by atoms with Crippen molar-refractivity contribution in [2.45, 2.75) is 19.9 Å². The van der Waals surface area contributed by atoms with Gasteiger partial charge in [0.15, 0.2) is 11.4 Å². The smallest absolute Gasteiger partial charge is 0.337 e. The number of aromatic nitrogens is 2. The number of rotatable bonds is 6. The predicted octanol–water partition coefficient (Wildman–Crippen LogP) is 3.94. The van der Waals surface area contributed by atoms with Gasteiger partial charge in [-0.1, -0.05) is 24.3 Å². The quantitative estimate of drug-likeness (QED) is 0.377. The fourth-order valence-corrected chi connectivity index (χ4v) is 5.15. The molecule has 2 aromatic carbocycles. The van der Waals surface area contributed by atoms with E-state index in [0.717, 1.165) is 11.3 Å². The molecule has 3 heterocycles. The molecule has 1 aliphatic heterocycles. The number of aromatic carboxylic acids is 1. The fraction of sp³-hybridized carbons (Fsp3) is 0.233. The summed E-state index contributed by atoms with van der Waals surface area (Å²) < 4.78 is 1.40. The van der Waals surface area contributed by atoms with Crippen molar-refractivity contribution in [1.82, 2.24) is 9.38 Å². The van der Waals surface area contributed by atoms with Gasteiger partial charge in [-0.2, -0.15) is 10.5 Å². The molecule has 10 nitrogen and oxygen atoms in total. The van der Waals surface area contributed by atoms with Gasteiger partial charge in [0, 0.05) is 43.6 Å². The minimum Gasteiger partial charge on any atom is -0.478 e. The number of carboxylic acids is 1. The number of anilines is 3. The number of aryl methyl sites for hydroxylation is 1. The average molecular weight is 534 g/mol. The highest BCUT2D eigenvalue weighted by Gasteiger charge is 2.26. The molecule has 0 spiro atoms. The number of benzene rings is 2. The highest BCUT2D eigenvalue weighted by molar-refractivity contribution is 5.94. The zero-order valence-electron chi connectivity index (χ0n) is 22.1. The summed E-state index contributed by atoms with van der Waals surface area (Å²) in [4.78, 5) is 34.2. The van der Waals surface area contributed by atoms with Crippen LogP contribution in [0.15, 0.2) is 65.6 Å². The first-order valence-electron chi connectivity index (χ1n) is 12.9. The summed E-state index contributed by atoms with van der Waals surface area (Å²) in [5, 5.41) is 32.3. The predicted molar refractivity (Wildman–Crippen MR) is 152 cm³/mol. The lowest BCUT2D eigenvalue weighted by Crippen LogP contribution is -2.48. The van der Waals surface area contributed by atoms with Gasteiger partial charge in [0.25, 0.3) is 5.56 Å². The van der Waals surface area contributed by atoms with Crippen LogP contribution < -0.4 is 20.7 Å². The van der Waals surface area contributed by atoms with Gasteiger partial charge in [-0.25, -0.2) is 9.78 Å². The maximum absolute atomic E-state index is 13.6. The van der Waals surface area contributed by atoms with Gasteiger partial charge in [0.2, 0.25) is 0 Å². The molecule has 0 saturated carbocycles. The number of carboxylic acid groups (broad SMARTS) is 1. The number of hydrogen-bond donors (Lipinski definition) is 2. The van der Waals surface area contributed by atoms with E-state index in [1.54, 1.807) is 30.5 Å². The lowest BCUT2D eigenvalue weighted by Gasteiger charge is -2.37. The van der Waals surface area contributed by atoms with Crippen LogP contribution in [-0.2, 0) is 0 Å². The van der Waals surface area contributed by atoms with Crippen LogP contribution in [0.25, 0.3) is 5.65 Å². The van der Waals surface area contributed by atoms with E-state index < -0.39 is 17.6 Å². The molecule has 200 valence electrons. The first-order valence-corrected chi connectivity index (χ1v) is 12.9. The number of hydrogen-bond acceptors (Lipinski definition) is 8. The van der Waals surface area contributed by atoms with E-state index in [1.807, 2.05) is 43.0 Å². The molecule has 0 radical (unpaired) electrons. The van der Waals surface area contributed by atoms with Crippen LogP contribution in [-0.4, -0.2) is 46.6 Å². The van der Waals surface area contributed by atoms with E-state index in [2.05, 4.69) is 22.4 Å². The van der Waals surface area contributed by atoms with E-state index in [1.165, 1.54) is 10.5 Å². The van der Waals surface area contributed by atoms with Crippen LogP contribution in [0.1, 0.15) is 45.6 Å². The maximum atomic E-state index is 13.6. The molecule has 1 fully saturated rings. The van der Waals surface area contributed by atoms with Gasteiger partial charge in [0.1, 0.15) is 17.8 Å². The van der Waals surface area contributed by atoms with Crippen LogP contribution in [0.5, 0.6) is 0 Å². The molecule has 1 atom stereocenters. The average Bonchev–Trinajstić information content (AvgIpc) is 2.97. The van der Waals surface area contributed by atoms with Gasteiger partial charge >= 0.3 is 5.97 Å². The Morgan fingerprint density at radius 3 is 2.40 bits per heavy atom. The maximum Gasteiger partial charge on any atom is 0.337 e. The molecule has 1 saturated heterocycles. The Morgan fingerprint density at radius 2 is 1.70 bits per heavy atom. The second-order valence-electron chi connectivity index (χ2n) is 9.71. The minimum atomic E-state index is -1.05. The Balaban J connectivity index is 1.53. The van der Waals surface area contributed by atoms with Crippen LogP contribution in [0.4, 0.5) is 17.2 Å². The van der Waals surface area contributed by atoms with Crippen LogP contribution in [0.3, 0.4) is 0 Å². The third kappa shape index (κ3) is 4.79. The topological polar surface area (TPSA) is 138 Å². The van der Waals surface area contributed by atoms with E-state index in [0.29, 0.717) is 54.5 Å². The summed E-state index contributed by atoms with van der Waals surface area (Å²) in [7, 11) is 0. The third-order valence-electron chi connectivity index (χ3n) is 7.12. The van der Waals surface area contributed by atoms with Gasteiger partial charge in [-0.05, 0) is 49.7 Å². The molecule has 2 N–H and O–H groups in total. The Hall–Kier alpha value is -5.35. The summed E-state index contributed by atoms with van der Waals surface area (Å²) in [5.74, 6) is -0.722. The van der Waals surface area contributed by atoms with Crippen molar-refractivity contribution in [3.05, 3.63) is 99.0 Å². The number of piperazine rings is 1. The molecular weight excluding hydrogens is 506 g/mol. The number of nitrogens with one attached hydrogen (secondary N) is 1. The van der Waals surface area contributed by atoms with Crippen LogP contribution in [0.2, 0.25) is 0 Å². The highest BCUT2D eigenvalue weighted by Crippen LogP contribution is 2.28. The second-order valence-corrected chi connectivity index (χ2v) is 9.71. The monoisotopic (exact) mass is 533 g/mol. The third-order valence-corrected chi connectivity index (χ3v) is 7.12. The number of fused-ring (bicyclic) bond motifs is 1. The van der Waals surface area contributed by atoms with Crippen molar-refractivity contribution in [2.24, 2.45) is 0 Å². The molecule has 0 bridgehead atoms. The number of para-hydroxylation sites is 2. The van der Waals surface area contributed by atoms with Gasteiger partial charge < -0.3 is 20.2 Å². The summed E-state index contributed by atoms with van der Waals surface area (Å²) in [6.45, 7) is 5.94. The summed E-state index contributed by atoms with van der Waals surface area (Å²) in [6, 6.07) is 19.9. The Morgan fingerprint density at radius 1 is 1.02 bits per heavy atom. The van der Waals surface area contributed by atoms with Crippen molar-refractivity contribution in [3.63, 3.8) is 0 Å². The van der Waals surface area contributed by atoms with Gasteiger partial charge in [-0.15, -0.1) is 0 Å². The lowest BCUT2D eigenvalue weighted by molar-refractivity contribution is 0.0698. The van der Waals surface area contributed by atoms with Crippen molar-refractivity contribution in [2.75, 3.05) is 41.3 Å². The highest BCUT2D eigenvalue weighted by atomic mass is 16.4. The molecule has 4 aromatic rings. The normalized spacial score (nSPS) is 13.9. The summed E-state index contributed by atoms with van der Waals surface area (Å²) in [5.41, 5.74) is 3.46. The van der Waals surface area contributed by atoms with Crippen LogP contribution in [0, 0.1) is 29.6 Å². The Bertz CT molecular complexity index is 1760. The zero-order valence-corrected chi connectivity index (χ0v) is 22.1. The fourth-order valence-electron chi connectivity index (χ4n) is 5.15. The molecule has 10 heteroatoms. The Kier molecular flexibility index (Phi) is 7.09. The second kappa shape index (κ2) is 10.8.